The Morgan fingerprint density at radius 1 is 0.810 bits per heavy atom. The van der Waals surface area contributed by atoms with Crippen molar-refractivity contribution in [2.24, 2.45) is 11.5 Å². The second-order valence-electron chi connectivity index (χ2n) is 6.18. The molecule has 126 valence electrons. The van der Waals surface area contributed by atoms with E-state index in [-0.39, 0.29) is 18.7 Å². The van der Waals surface area contributed by atoms with Crippen molar-refractivity contribution in [1.82, 2.24) is 0 Å². The lowest BCUT2D eigenvalue weighted by Gasteiger charge is -2.12. The Bertz CT molecular complexity index is 231. The van der Waals surface area contributed by atoms with Gasteiger partial charge in [0.1, 0.15) is 0 Å². The van der Waals surface area contributed by atoms with E-state index in [9.17, 15) is 0 Å². The zero-order valence-corrected chi connectivity index (χ0v) is 14.1. The number of nitrogens with two attached hydrogens (primary N) is 2. The van der Waals surface area contributed by atoms with Gasteiger partial charge in [0, 0.05) is 12.1 Å². The van der Waals surface area contributed by atoms with Crippen LogP contribution in [0.15, 0.2) is 12.2 Å². The average Bonchev–Trinajstić information content (AvgIpc) is 2.50. The summed E-state index contributed by atoms with van der Waals surface area (Å²) >= 11 is 0. The molecule has 0 rings (SSSR count). The third-order valence-electron chi connectivity index (χ3n) is 4.04. The van der Waals surface area contributed by atoms with Gasteiger partial charge < -0.3 is 16.6 Å². The molecule has 0 fully saturated rings. The number of hydrogen-bond donors (Lipinski definition) is 3. The summed E-state index contributed by atoms with van der Waals surface area (Å²) < 4.78 is 0. The summed E-state index contributed by atoms with van der Waals surface area (Å²) in [5.74, 6) is 0. The van der Waals surface area contributed by atoms with Crippen molar-refractivity contribution in [1.29, 1.82) is 0 Å². The minimum atomic E-state index is -0.335. The van der Waals surface area contributed by atoms with Gasteiger partial charge in [-0.25, -0.2) is 0 Å². The normalized spacial score (nSPS) is 14.7. The third-order valence-corrected chi connectivity index (χ3v) is 4.04. The number of hydrogen-bond acceptors (Lipinski definition) is 3. The summed E-state index contributed by atoms with van der Waals surface area (Å²) in [5.41, 5.74) is 11.4. The molecular weight excluding hydrogens is 260 g/mol. The Morgan fingerprint density at radius 3 is 1.76 bits per heavy atom. The summed E-state index contributed by atoms with van der Waals surface area (Å²) in [5, 5.41) is 8.87. The molecule has 0 radical (unpaired) electrons. The van der Waals surface area contributed by atoms with Crippen molar-refractivity contribution in [2.45, 2.75) is 96.1 Å². The van der Waals surface area contributed by atoms with Gasteiger partial charge >= 0.3 is 0 Å². The number of unbranched alkanes of at least 4 members (excludes halogenated alkanes) is 11. The van der Waals surface area contributed by atoms with Crippen LogP contribution < -0.4 is 11.5 Å². The van der Waals surface area contributed by atoms with Gasteiger partial charge in [0.05, 0.1) is 6.61 Å². The summed E-state index contributed by atoms with van der Waals surface area (Å²) in [4.78, 5) is 0. The third kappa shape index (κ3) is 14.3. The van der Waals surface area contributed by atoms with E-state index in [1.54, 1.807) is 0 Å². The van der Waals surface area contributed by atoms with Crippen LogP contribution in [-0.4, -0.2) is 23.8 Å². The first kappa shape index (κ1) is 20.6. The fourth-order valence-corrected chi connectivity index (χ4v) is 2.44. The lowest BCUT2D eigenvalue weighted by atomic mass is 10.0. The fraction of sp³-hybridized carbons (Fsp3) is 0.889. The van der Waals surface area contributed by atoms with Crippen LogP contribution in [0.3, 0.4) is 0 Å². The van der Waals surface area contributed by atoms with Crippen molar-refractivity contribution < 1.29 is 5.11 Å². The van der Waals surface area contributed by atoms with Gasteiger partial charge in [-0.05, 0) is 12.8 Å². The van der Waals surface area contributed by atoms with Crippen LogP contribution >= 0.6 is 0 Å². The molecule has 0 bridgehead atoms. The van der Waals surface area contributed by atoms with E-state index in [4.69, 9.17) is 16.6 Å². The maximum atomic E-state index is 8.87. The molecule has 0 aromatic carbocycles. The lowest BCUT2D eigenvalue weighted by molar-refractivity contribution is 0.258. The highest BCUT2D eigenvalue weighted by atomic mass is 16.3. The molecule has 0 saturated heterocycles. The molecule has 5 N–H and O–H groups in total. The SMILES string of the molecule is CCCCCCCCCCCCC/C=C/C(N)C(N)CO. The summed E-state index contributed by atoms with van der Waals surface area (Å²) in [6.45, 7) is 2.22. The number of aliphatic hydroxyl groups is 1. The molecule has 2 unspecified atom stereocenters. The standard InChI is InChI=1S/C18H38N2O/c1-2-3-4-5-6-7-8-9-10-11-12-13-14-15-17(19)18(20)16-21/h14-15,17-18,21H,2-13,16,19-20H2,1H3/b15-14+. The van der Waals surface area contributed by atoms with E-state index in [1.807, 2.05) is 6.08 Å². The van der Waals surface area contributed by atoms with Crippen molar-refractivity contribution in [2.75, 3.05) is 6.61 Å². The van der Waals surface area contributed by atoms with E-state index in [0.29, 0.717) is 0 Å². The molecule has 0 spiro atoms. The van der Waals surface area contributed by atoms with Crippen LogP contribution in [0.1, 0.15) is 84.0 Å². The quantitative estimate of drug-likeness (QED) is 0.317. The van der Waals surface area contributed by atoms with Crippen molar-refractivity contribution >= 4 is 0 Å². The largest absolute Gasteiger partial charge is 0.395 e. The lowest BCUT2D eigenvalue weighted by Crippen LogP contribution is -2.42. The van der Waals surface area contributed by atoms with Crippen LogP contribution in [0.4, 0.5) is 0 Å². The highest BCUT2D eigenvalue weighted by Gasteiger charge is 2.06. The van der Waals surface area contributed by atoms with E-state index in [1.165, 1.54) is 70.6 Å². The number of rotatable bonds is 15. The van der Waals surface area contributed by atoms with Crippen molar-refractivity contribution in [3.8, 4) is 0 Å². The molecule has 0 aromatic heterocycles. The smallest absolute Gasteiger partial charge is 0.0600 e. The molecule has 0 aliphatic heterocycles. The van der Waals surface area contributed by atoms with Crippen molar-refractivity contribution in [3.05, 3.63) is 12.2 Å². The van der Waals surface area contributed by atoms with Gasteiger partial charge in [-0.2, -0.15) is 0 Å². The van der Waals surface area contributed by atoms with Crippen LogP contribution in [0, 0.1) is 0 Å². The van der Waals surface area contributed by atoms with Gasteiger partial charge in [-0.15, -0.1) is 0 Å². The highest BCUT2D eigenvalue weighted by Crippen LogP contribution is 2.12. The molecule has 0 saturated carbocycles. The first-order valence-corrected chi connectivity index (χ1v) is 9.01. The first-order chi connectivity index (χ1) is 10.2. The van der Waals surface area contributed by atoms with Gasteiger partial charge in [-0.1, -0.05) is 83.3 Å². The fourth-order valence-electron chi connectivity index (χ4n) is 2.44. The second-order valence-corrected chi connectivity index (χ2v) is 6.18. The minimum Gasteiger partial charge on any atom is -0.395 e. The van der Waals surface area contributed by atoms with E-state index >= 15 is 0 Å². The molecular formula is C18H38N2O. The zero-order valence-electron chi connectivity index (χ0n) is 14.1. The van der Waals surface area contributed by atoms with Gasteiger partial charge in [-0.3, -0.25) is 0 Å². The molecule has 0 heterocycles. The molecule has 2 atom stereocenters. The summed E-state index contributed by atoms with van der Waals surface area (Å²) in [6.07, 6.45) is 20.2. The predicted molar refractivity (Wildman–Crippen MR) is 93.3 cm³/mol. The molecule has 21 heavy (non-hydrogen) atoms. The number of aliphatic hydroxyl groups excluding tert-OH is 1. The second kappa shape index (κ2) is 16.0. The zero-order chi connectivity index (χ0) is 15.8. The van der Waals surface area contributed by atoms with Crippen LogP contribution in [0.2, 0.25) is 0 Å². The minimum absolute atomic E-state index is 0.0516. The van der Waals surface area contributed by atoms with E-state index < -0.39 is 0 Å². The average molecular weight is 299 g/mol. The van der Waals surface area contributed by atoms with Gasteiger partial charge in [0.2, 0.25) is 0 Å². The Labute approximate surface area is 132 Å². The van der Waals surface area contributed by atoms with Crippen molar-refractivity contribution in [3.63, 3.8) is 0 Å². The van der Waals surface area contributed by atoms with E-state index in [0.717, 1.165) is 6.42 Å². The van der Waals surface area contributed by atoms with Gasteiger partial charge in [0.25, 0.3) is 0 Å². The number of allylic oxidation sites excluding steroid dienone is 1. The van der Waals surface area contributed by atoms with E-state index in [2.05, 4.69) is 13.0 Å². The Balaban J connectivity index is 3.20. The topological polar surface area (TPSA) is 72.3 Å². The summed E-state index contributed by atoms with van der Waals surface area (Å²) in [7, 11) is 0. The molecule has 3 heteroatoms. The molecule has 0 aliphatic rings. The first-order valence-electron chi connectivity index (χ1n) is 9.01. The Morgan fingerprint density at radius 2 is 1.29 bits per heavy atom. The molecule has 0 aliphatic carbocycles. The summed E-state index contributed by atoms with van der Waals surface area (Å²) in [6, 6.07) is -0.554. The van der Waals surface area contributed by atoms with Crippen LogP contribution in [0.5, 0.6) is 0 Å². The van der Waals surface area contributed by atoms with Crippen LogP contribution in [-0.2, 0) is 0 Å². The maximum Gasteiger partial charge on any atom is 0.0600 e. The van der Waals surface area contributed by atoms with Gasteiger partial charge in [0.15, 0.2) is 0 Å². The molecule has 0 amide bonds. The molecule has 3 nitrogen and oxygen atoms in total. The Hall–Kier alpha value is -0.380. The maximum absolute atomic E-state index is 8.87. The van der Waals surface area contributed by atoms with Crippen LogP contribution in [0.25, 0.3) is 0 Å². The highest BCUT2D eigenvalue weighted by molar-refractivity contribution is 4.96. The monoisotopic (exact) mass is 298 g/mol. The Kier molecular flexibility index (Phi) is 15.7. The molecule has 0 aromatic rings. The predicted octanol–water partition coefficient (Wildman–Crippen LogP) is 3.89.